The van der Waals surface area contributed by atoms with Crippen LogP contribution in [0.25, 0.3) is 0 Å². The van der Waals surface area contributed by atoms with E-state index < -0.39 is 5.41 Å². The quantitative estimate of drug-likeness (QED) is 0.781. The maximum Gasteiger partial charge on any atom is 0.236 e. The summed E-state index contributed by atoms with van der Waals surface area (Å²) in [6, 6.07) is 0.196. The van der Waals surface area contributed by atoms with Crippen LogP contribution in [0.3, 0.4) is 0 Å². The van der Waals surface area contributed by atoms with E-state index in [9.17, 15) is 4.79 Å². The van der Waals surface area contributed by atoms with Gasteiger partial charge in [-0.2, -0.15) is 0 Å². The van der Waals surface area contributed by atoms with Crippen molar-refractivity contribution in [1.29, 1.82) is 0 Å². The molecule has 0 unspecified atom stereocenters. The van der Waals surface area contributed by atoms with E-state index in [1.54, 1.807) is 0 Å². The largest absolute Gasteiger partial charge is 0.392 e. The first-order chi connectivity index (χ1) is 8.97. The van der Waals surface area contributed by atoms with Crippen molar-refractivity contribution in [2.45, 2.75) is 45.6 Å². The number of carbonyl (C=O) groups excluding carboxylic acids is 1. The molecule has 1 heterocycles. The first-order valence-corrected chi connectivity index (χ1v) is 7.57. The second-order valence-corrected chi connectivity index (χ2v) is 6.49. The van der Waals surface area contributed by atoms with Gasteiger partial charge in [0.1, 0.15) is 5.41 Å². The van der Waals surface area contributed by atoms with Crippen LogP contribution in [0.15, 0.2) is 0 Å². The SMILES string of the molecule is CC(C)N(CC1CC1)C(=O)C1(C(N)=S)CCOCC1. The highest BCUT2D eigenvalue weighted by Crippen LogP contribution is 2.36. The summed E-state index contributed by atoms with van der Waals surface area (Å²) in [4.78, 5) is 15.3. The average Bonchev–Trinajstić information content (AvgIpc) is 3.19. The molecular formula is C14H24N2O2S. The number of hydrogen-bond donors (Lipinski definition) is 1. The van der Waals surface area contributed by atoms with Crippen LogP contribution in [0.2, 0.25) is 0 Å². The minimum atomic E-state index is -0.674. The van der Waals surface area contributed by atoms with Crippen molar-refractivity contribution in [2.75, 3.05) is 19.8 Å². The molecule has 2 N–H and O–H groups in total. The fraction of sp³-hybridized carbons (Fsp3) is 0.857. The van der Waals surface area contributed by atoms with Crippen molar-refractivity contribution in [2.24, 2.45) is 17.1 Å². The number of rotatable bonds is 5. The Balaban J connectivity index is 2.18. The lowest BCUT2D eigenvalue weighted by Crippen LogP contribution is -2.55. The molecule has 1 saturated carbocycles. The molecule has 1 saturated heterocycles. The molecule has 2 fully saturated rings. The Morgan fingerprint density at radius 3 is 2.42 bits per heavy atom. The van der Waals surface area contributed by atoms with E-state index in [1.165, 1.54) is 12.8 Å². The van der Waals surface area contributed by atoms with E-state index >= 15 is 0 Å². The number of amides is 1. The van der Waals surface area contributed by atoms with Gasteiger partial charge in [0, 0.05) is 25.8 Å². The zero-order valence-corrected chi connectivity index (χ0v) is 12.7. The first kappa shape index (κ1) is 14.7. The van der Waals surface area contributed by atoms with E-state index in [1.807, 2.05) is 4.90 Å². The van der Waals surface area contributed by atoms with E-state index in [0.717, 1.165) is 6.54 Å². The molecule has 1 aliphatic carbocycles. The summed E-state index contributed by atoms with van der Waals surface area (Å²) in [6.45, 7) is 6.11. The topological polar surface area (TPSA) is 55.6 Å². The van der Waals surface area contributed by atoms with Gasteiger partial charge in [-0.3, -0.25) is 4.79 Å². The third kappa shape index (κ3) is 3.08. The van der Waals surface area contributed by atoms with Gasteiger partial charge in [0.15, 0.2) is 0 Å². The number of ether oxygens (including phenoxy) is 1. The Bertz CT molecular complexity index is 360. The number of carbonyl (C=O) groups is 1. The molecule has 1 amide bonds. The van der Waals surface area contributed by atoms with Gasteiger partial charge in [-0.15, -0.1) is 0 Å². The minimum absolute atomic E-state index is 0.116. The minimum Gasteiger partial charge on any atom is -0.392 e. The summed E-state index contributed by atoms with van der Waals surface area (Å²) in [5.74, 6) is 0.791. The van der Waals surface area contributed by atoms with Crippen LogP contribution in [-0.2, 0) is 9.53 Å². The predicted molar refractivity (Wildman–Crippen MR) is 78.8 cm³/mol. The van der Waals surface area contributed by atoms with Gasteiger partial charge in [0.25, 0.3) is 0 Å². The van der Waals surface area contributed by atoms with Crippen LogP contribution < -0.4 is 5.73 Å². The normalized spacial score (nSPS) is 22.3. The summed E-state index contributed by atoms with van der Waals surface area (Å²) in [5.41, 5.74) is 5.24. The molecule has 19 heavy (non-hydrogen) atoms. The fourth-order valence-electron chi connectivity index (χ4n) is 2.67. The Kier molecular flexibility index (Phi) is 4.46. The number of nitrogens with zero attached hydrogens (tertiary/aromatic N) is 1. The summed E-state index contributed by atoms with van der Waals surface area (Å²) < 4.78 is 5.37. The van der Waals surface area contributed by atoms with Crippen molar-refractivity contribution < 1.29 is 9.53 Å². The lowest BCUT2D eigenvalue weighted by molar-refractivity contribution is -0.144. The highest BCUT2D eigenvalue weighted by molar-refractivity contribution is 7.80. The second-order valence-electron chi connectivity index (χ2n) is 6.05. The van der Waals surface area contributed by atoms with E-state index in [0.29, 0.717) is 37.0 Å². The fourth-order valence-corrected chi connectivity index (χ4v) is 2.96. The van der Waals surface area contributed by atoms with Gasteiger partial charge in [-0.1, -0.05) is 12.2 Å². The zero-order chi connectivity index (χ0) is 14.0. The Hall–Kier alpha value is -0.680. The van der Waals surface area contributed by atoms with Crippen molar-refractivity contribution in [3.63, 3.8) is 0 Å². The van der Waals surface area contributed by atoms with Crippen molar-refractivity contribution >= 4 is 23.1 Å². The predicted octanol–water partition coefficient (Wildman–Crippen LogP) is 1.72. The second kappa shape index (κ2) is 5.75. The number of thiocarbonyl (C=S) groups is 1. The van der Waals surface area contributed by atoms with E-state index in [-0.39, 0.29) is 11.9 Å². The molecule has 0 aromatic heterocycles. The molecule has 1 aliphatic heterocycles. The number of hydrogen-bond acceptors (Lipinski definition) is 3. The van der Waals surface area contributed by atoms with Crippen LogP contribution in [0.5, 0.6) is 0 Å². The van der Waals surface area contributed by atoms with E-state index in [4.69, 9.17) is 22.7 Å². The van der Waals surface area contributed by atoms with Gasteiger partial charge in [-0.25, -0.2) is 0 Å². The molecule has 2 rings (SSSR count). The van der Waals surface area contributed by atoms with Gasteiger partial charge in [-0.05, 0) is 45.4 Å². The molecule has 108 valence electrons. The van der Waals surface area contributed by atoms with Crippen LogP contribution in [0.4, 0.5) is 0 Å². The van der Waals surface area contributed by atoms with Crippen LogP contribution >= 0.6 is 12.2 Å². The van der Waals surface area contributed by atoms with Crippen molar-refractivity contribution in [3.05, 3.63) is 0 Å². The summed E-state index contributed by atoms with van der Waals surface area (Å²) >= 11 is 5.21. The molecule has 2 aliphatic rings. The van der Waals surface area contributed by atoms with Crippen LogP contribution in [-0.4, -0.2) is 41.6 Å². The zero-order valence-electron chi connectivity index (χ0n) is 11.9. The average molecular weight is 284 g/mol. The summed E-state index contributed by atoms with van der Waals surface area (Å²) in [6.07, 6.45) is 3.71. The van der Waals surface area contributed by atoms with Gasteiger partial charge in [0.2, 0.25) is 5.91 Å². The molecule has 0 aromatic rings. The third-order valence-corrected chi connectivity index (χ3v) is 4.65. The van der Waals surface area contributed by atoms with E-state index in [2.05, 4.69) is 13.8 Å². The lowest BCUT2D eigenvalue weighted by Gasteiger charge is -2.40. The van der Waals surface area contributed by atoms with Crippen LogP contribution in [0.1, 0.15) is 39.5 Å². The first-order valence-electron chi connectivity index (χ1n) is 7.16. The van der Waals surface area contributed by atoms with Crippen molar-refractivity contribution in [1.82, 2.24) is 4.90 Å². The molecule has 0 atom stereocenters. The molecule has 0 aromatic carbocycles. The van der Waals surface area contributed by atoms with Crippen molar-refractivity contribution in [3.8, 4) is 0 Å². The van der Waals surface area contributed by atoms with Crippen LogP contribution in [0, 0.1) is 11.3 Å². The van der Waals surface area contributed by atoms with Gasteiger partial charge in [0.05, 0.1) is 4.99 Å². The molecule has 0 radical (unpaired) electrons. The maximum atomic E-state index is 13.0. The highest BCUT2D eigenvalue weighted by atomic mass is 32.1. The Labute approximate surface area is 120 Å². The molecule has 0 bridgehead atoms. The molecular weight excluding hydrogens is 260 g/mol. The number of nitrogens with two attached hydrogens (primary N) is 1. The monoisotopic (exact) mass is 284 g/mol. The Morgan fingerprint density at radius 2 is 2.00 bits per heavy atom. The Morgan fingerprint density at radius 1 is 1.42 bits per heavy atom. The molecule has 0 spiro atoms. The van der Waals surface area contributed by atoms with Gasteiger partial charge >= 0.3 is 0 Å². The standard InChI is InChI=1S/C14H24N2O2S/c1-10(2)16(9-11-3-4-11)13(17)14(12(15)19)5-7-18-8-6-14/h10-11H,3-9H2,1-2H3,(H2,15,19). The summed E-state index contributed by atoms with van der Waals surface area (Å²) in [5, 5.41) is 0. The molecule has 4 nitrogen and oxygen atoms in total. The third-order valence-electron chi connectivity index (χ3n) is 4.26. The van der Waals surface area contributed by atoms with Gasteiger partial charge < -0.3 is 15.4 Å². The summed E-state index contributed by atoms with van der Waals surface area (Å²) in [7, 11) is 0. The maximum absolute atomic E-state index is 13.0. The lowest BCUT2D eigenvalue weighted by atomic mass is 9.78. The molecule has 5 heteroatoms. The highest BCUT2D eigenvalue weighted by Gasteiger charge is 2.46. The smallest absolute Gasteiger partial charge is 0.236 e.